The number of benzene rings is 1. The van der Waals surface area contributed by atoms with Gasteiger partial charge in [0.05, 0.1) is 0 Å². The molecule has 0 spiro atoms. The van der Waals surface area contributed by atoms with Gasteiger partial charge in [0.25, 0.3) is 0 Å². The standard InChI is InChI=1S/C21H34N2O2/c1-16(2)20(15-23(4)14-18-8-6-5-7-9-18)22-21(24)17(3)19-10-12-25-13-11-19/h5-9,16-17,19-20H,10-15H2,1-4H3,(H,22,24)/t17-,20-/m0/s1. The average molecular weight is 347 g/mol. The van der Waals surface area contributed by atoms with E-state index < -0.39 is 0 Å². The molecule has 4 nitrogen and oxygen atoms in total. The second-order valence-electron chi connectivity index (χ2n) is 7.78. The van der Waals surface area contributed by atoms with Gasteiger partial charge in [-0.15, -0.1) is 0 Å². The van der Waals surface area contributed by atoms with Gasteiger partial charge in [0.1, 0.15) is 0 Å². The van der Waals surface area contributed by atoms with Gasteiger partial charge in [0.2, 0.25) is 5.91 Å². The first kappa shape index (κ1) is 19.9. The van der Waals surface area contributed by atoms with Crippen molar-refractivity contribution in [3.8, 4) is 0 Å². The van der Waals surface area contributed by atoms with Crippen molar-refractivity contribution in [2.45, 2.75) is 46.2 Å². The van der Waals surface area contributed by atoms with Gasteiger partial charge in [-0.05, 0) is 37.3 Å². The van der Waals surface area contributed by atoms with Gasteiger partial charge in [0.15, 0.2) is 0 Å². The third kappa shape index (κ3) is 6.44. The Morgan fingerprint density at radius 3 is 2.44 bits per heavy atom. The van der Waals surface area contributed by atoms with E-state index in [0.717, 1.165) is 39.1 Å². The molecule has 0 radical (unpaired) electrons. The van der Waals surface area contributed by atoms with Crippen LogP contribution in [0.4, 0.5) is 0 Å². The van der Waals surface area contributed by atoms with Crippen molar-refractivity contribution in [2.24, 2.45) is 17.8 Å². The topological polar surface area (TPSA) is 41.6 Å². The Hall–Kier alpha value is -1.39. The predicted molar refractivity (Wildman–Crippen MR) is 102 cm³/mol. The zero-order valence-electron chi connectivity index (χ0n) is 16.2. The van der Waals surface area contributed by atoms with E-state index >= 15 is 0 Å². The number of hydrogen-bond acceptors (Lipinski definition) is 3. The lowest BCUT2D eigenvalue weighted by Crippen LogP contribution is -2.48. The second kappa shape index (κ2) is 9.93. The van der Waals surface area contributed by atoms with Gasteiger partial charge in [-0.3, -0.25) is 4.79 Å². The Kier molecular flexibility index (Phi) is 7.91. The van der Waals surface area contributed by atoms with E-state index in [9.17, 15) is 4.79 Å². The van der Waals surface area contributed by atoms with Gasteiger partial charge < -0.3 is 15.0 Å². The molecule has 140 valence electrons. The fourth-order valence-electron chi connectivity index (χ4n) is 3.46. The minimum atomic E-state index is 0.0598. The smallest absolute Gasteiger partial charge is 0.223 e. The molecule has 4 heteroatoms. The maximum atomic E-state index is 12.7. The van der Waals surface area contributed by atoms with Crippen molar-refractivity contribution in [2.75, 3.05) is 26.8 Å². The molecule has 0 unspecified atom stereocenters. The first-order valence-corrected chi connectivity index (χ1v) is 9.58. The first-order valence-electron chi connectivity index (χ1n) is 9.58. The van der Waals surface area contributed by atoms with Crippen LogP contribution in [0.2, 0.25) is 0 Å². The summed E-state index contributed by atoms with van der Waals surface area (Å²) in [4.78, 5) is 15.0. The van der Waals surface area contributed by atoms with Gasteiger partial charge in [-0.1, -0.05) is 51.1 Å². The first-order chi connectivity index (χ1) is 12.0. The molecule has 1 aromatic carbocycles. The Labute approximate surface area is 152 Å². The van der Waals surface area contributed by atoms with Crippen molar-refractivity contribution in [3.63, 3.8) is 0 Å². The largest absolute Gasteiger partial charge is 0.381 e. The Morgan fingerprint density at radius 2 is 1.84 bits per heavy atom. The minimum absolute atomic E-state index is 0.0598. The molecule has 0 aliphatic carbocycles. The molecule has 2 rings (SSSR count). The summed E-state index contributed by atoms with van der Waals surface area (Å²) in [6.45, 7) is 9.76. The van der Waals surface area contributed by atoms with E-state index in [0.29, 0.717) is 11.8 Å². The summed E-state index contributed by atoms with van der Waals surface area (Å²) >= 11 is 0. The van der Waals surface area contributed by atoms with E-state index in [-0.39, 0.29) is 17.9 Å². The van der Waals surface area contributed by atoms with Crippen LogP contribution in [0.25, 0.3) is 0 Å². The van der Waals surface area contributed by atoms with Crippen molar-refractivity contribution < 1.29 is 9.53 Å². The van der Waals surface area contributed by atoms with Crippen LogP contribution in [0, 0.1) is 17.8 Å². The Bertz CT molecular complexity index is 512. The van der Waals surface area contributed by atoms with Crippen molar-refractivity contribution in [1.29, 1.82) is 0 Å². The molecule has 1 amide bonds. The normalized spacial score (nSPS) is 18.3. The maximum absolute atomic E-state index is 12.7. The number of amides is 1. The third-order valence-corrected chi connectivity index (χ3v) is 5.32. The number of likely N-dealkylation sites (N-methyl/N-ethyl adjacent to an activating group) is 1. The molecule has 25 heavy (non-hydrogen) atoms. The van der Waals surface area contributed by atoms with E-state index in [2.05, 4.69) is 62.3 Å². The van der Waals surface area contributed by atoms with Gasteiger partial charge in [-0.2, -0.15) is 0 Å². The summed E-state index contributed by atoms with van der Waals surface area (Å²) < 4.78 is 5.42. The molecule has 0 saturated carbocycles. The fourth-order valence-corrected chi connectivity index (χ4v) is 3.46. The van der Waals surface area contributed by atoms with Crippen LogP contribution < -0.4 is 5.32 Å². The number of rotatable bonds is 8. The summed E-state index contributed by atoms with van der Waals surface area (Å²) in [7, 11) is 2.12. The van der Waals surface area contributed by atoms with Crippen LogP contribution in [0.5, 0.6) is 0 Å². The number of carbonyl (C=O) groups excluding carboxylic acids is 1. The lowest BCUT2D eigenvalue weighted by molar-refractivity contribution is -0.128. The van der Waals surface area contributed by atoms with Crippen LogP contribution in [0.1, 0.15) is 39.2 Å². The lowest BCUT2D eigenvalue weighted by Gasteiger charge is -2.31. The highest BCUT2D eigenvalue weighted by Crippen LogP contribution is 2.24. The highest BCUT2D eigenvalue weighted by molar-refractivity contribution is 5.79. The summed E-state index contributed by atoms with van der Waals surface area (Å²) in [5.74, 6) is 1.11. The van der Waals surface area contributed by atoms with E-state index in [4.69, 9.17) is 4.74 Å². The molecule has 1 heterocycles. The summed E-state index contributed by atoms with van der Waals surface area (Å²) in [5, 5.41) is 3.31. The number of nitrogens with zero attached hydrogens (tertiary/aromatic N) is 1. The molecule has 1 fully saturated rings. The third-order valence-electron chi connectivity index (χ3n) is 5.32. The van der Waals surface area contributed by atoms with Gasteiger partial charge in [-0.25, -0.2) is 0 Å². The van der Waals surface area contributed by atoms with Crippen LogP contribution in [0.3, 0.4) is 0 Å². The number of carbonyl (C=O) groups is 1. The SMILES string of the molecule is CC(C)[C@H](CN(C)Cc1ccccc1)NC(=O)[C@@H](C)C1CCOCC1. The van der Waals surface area contributed by atoms with Crippen LogP contribution in [-0.2, 0) is 16.1 Å². The number of nitrogens with one attached hydrogen (secondary N) is 1. The highest BCUT2D eigenvalue weighted by Gasteiger charge is 2.28. The molecule has 1 aliphatic rings. The Balaban J connectivity index is 1.87. The van der Waals surface area contributed by atoms with Crippen molar-refractivity contribution in [3.05, 3.63) is 35.9 Å². The monoisotopic (exact) mass is 346 g/mol. The zero-order chi connectivity index (χ0) is 18.2. The van der Waals surface area contributed by atoms with Gasteiger partial charge in [0, 0.05) is 38.3 Å². The second-order valence-corrected chi connectivity index (χ2v) is 7.78. The molecule has 0 aromatic heterocycles. The fraction of sp³-hybridized carbons (Fsp3) is 0.667. The van der Waals surface area contributed by atoms with Crippen molar-refractivity contribution in [1.82, 2.24) is 10.2 Å². The van der Waals surface area contributed by atoms with Gasteiger partial charge >= 0.3 is 0 Å². The Morgan fingerprint density at radius 1 is 1.20 bits per heavy atom. The molecular weight excluding hydrogens is 312 g/mol. The summed E-state index contributed by atoms with van der Waals surface area (Å²) in [6, 6.07) is 10.6. The molecule has 1 aromatic rings. The van der Waals surface area contributed by atoms with E-state index in [1.165, 1.54) is 5.56 Å². The van der Waals surface area contributed by atoms with E-state index in [1.807, 2.05) is 6.07 Å². The van der Waals surface area contributed by atoms with Crippen LogP contribution in [0.15, 0.2) is 30.3 Å². The van der Waals surface area contributed by atoms with Crippen LogP contribution >= 0.6 is 0 Å². The summed E-state index contributed by atoms with van der Waals surface area (Å²) in [5.41, 5.74) is 1.30. The molecule has 1 aliphatic heterocycles. The molecular formula is C21H34N2O2. The van der Waals surface area contributed by atoms with Crippen LogP contribution in [-0.4, -0.2) is 43.7 Å². The summed E-state index contributed by atoms with van der Waals surface area (Å²) in [6.07, 6.45) is 1.99. The highest BCUT2D eigenvalue weighted by atomic mass is 16.5. The van der Waals surface area contributed by atoms with Crippen molar-refractivity contribution >= 4 is 5.91 Å². The zero-order valence-corrected chi connectivity index (χ0v) is 16.2. The lowest BCUT2D eigenvalue weighted by atomic mass is 9.86. The van der Waals surface area contributed by atoms with E-state index in [1.54, 1.807) is 0 Å². The predicted octanol–water partition coefficient (Wildman–Crippen LogP) is 3.32. The molecule has 0 bridgehead atoms. The number of hydrogen-bond donors (Lipinski definition) is 1. The minimum Gasteiger partial charge on any atom is -0.381 e. The quantitative estimate of drug-likeness (QED) is 0.785. The molecule has 1 saturated heterocycles. The maximum Gasteiger partial charge on any atom is 0.223 e. The molecule has 2 atom stereocenters. The average Bonchev–Trinajstić information content (AvgIpc) is 2.61. The molecule has 1 N–H and O–H groups in total. The number of ether oxygens (including phenoxy) is 1.